The van der Waals surface area contributed by atoms with E-state index in [1.54, 1.807) is 11.1 Å². The van der Waals surface area contributed by atoms with Crippen LogP contribution in [0.5, 0.6) is 0 Å². The van der Waals surface area contributed by atoms with E-state index in [-0.39, 0.29) is 29.7 Å². The fourth-order valence-electron chi connectivity index (χ4n) is 6.67. The highest BCUT2D eigenvalue weighted by molar-refractivity contribution is 6.32. The van der Waals surface area contributed by atoms with Gasteiger partial charge in [-0.2, -0.15) is 5.10 Å². The fourth-order valence-corrected chi connectivity index (χ4v) is 6.67. The Kier molecular flexibility index (Phi) is 3.23. The van der Waals surface area contributed by atoms with Gasteiger partial charge >= 0.3 is 0 Å². The van der Waals surface area contributed by atoms with Crippen LogP contribution in [0, 0.1) is 29.0 Å². The van der Waals surface area contributed by atoms with Gasteiger partial charge in [0.05, 0.1) is 23.2 Å². The van der Waals surface area contributed by atoms with Crippen LogP contribution in [0.2, 0.25) is 0 Å². The van der Waals surface area contributed by atoms with Crippen molar-refractivity contribution in [2.24, 2.45) is 16.8 Å². The summed E-state index contributed by atoms with van der Waals surface area (Å²) in [6.07, 6.45) is 3.73. The van der Waals surface area contributed by atoms with E-state index in [0.717, 1.165) is 22.4 Å². The Hall–Kier alpha value is -3.40. The van der Waals surface area contributed by atoms with Crippen molar-refractivity contribution in [2.75, 3.05) is 13.2 Å². The van der Waals surface area contributed by atoms with Crippen LogP contribution in [0.15, 0.2) is 52.4 Å². The molecule has 9 bridgehead atoms. The number of rotatable bonds is 2. The molecule has 1 saturated heterocycles. The number of hydrogen-bond acceptors (Lipinski definition) is 4. The maximum Gasteiger partial charge on any atom is 0.153 e. The van der Waals surface area contributed by atoms with Crippen LogP contribution < -0.4 is 5.73 Å². The molecule has 3 N–H and O–H groups in total. The van der Waals surface area contributed by atoms with Crippen molar-refractivity contribution in [2.45, 2.75) is 36.8 Å². The lowest BCUT2D eigenvalue weighted by atomic mass is 9.90. The summed E-state index contributed by atoms with van der Waals surface area (Å²) in [7, 11) is 0. The van der Waals surface area contributed by atoms with Crippen molar-refractivity contribution in [1.82, 2.24) is 9.91 Å². The maximum absolute atomic E-state index is 15.0. The Bertz CT molecular complexity index is 1330. The van der Waals surface area contributed by atoms with E-state index < -0.39 is 12.1 Å². The first-order valence-electron chi connectivity index (χ1n) is 11.0. The summed E-state index contributed by atoms with van der Waals surface area (Å²) >= 11 is 0. The molecule has 0 aromatic heterocycles. The molecule has 0 amide bonds. The maximum atomic E-state index is 15.0. The minimum Gasteiger partial charge on any atom is -0.401 e. The van der Waals surface area contributed by atoms with Gasteiger partial charge in [-0.15, -0.1) is 0 Å². The van der Waals surface area contributed by atoms with Gasteiger partial charge in [0.25, 0.3) is 0 Å². The van der Waals surface area contributed by atoms with Crippen LogP contribution in [0.4, 0.5) is 8.78 Å². The SMILES string of the molecule is C=C/C1=C2/CC3CC24c2cc(F)c(cc24)C#CC2=NN(C(=N)/C2=C\3N)[C@H]2C[C@H](CF)N1C2. The molecule has 4 atom stereocenters. The number of nitrogens with one attached hydrogen (secondary N) is 1. The molecular weight excluding hydrogens is 408 g/mol. The van der Waals surface area contributed by atoms with Crippen LogP contribution in [0.3, 0.4) is 0 Å². The Balaban J connectivity index is 1.60. The lowest BCUT2D eigenvalue weighted by Crippen LogP contribution is -2.36. The van der Waals surface area contributed by atoms with Gasteiger partial charge in [-0.3, -0.25) is 5.41 Å². The Labute approximate surface area is 184 Å². The average Bonchev–Trinajstić information content (AvgIpc) is 3.15. The van der Waals surface area contributed by atoms with Gasteiger partial charge in [0.15, 0.2) is 5.84 Å². The summed E-state index contributed by atoms with van der Waals surface area (Å²) < 4.78 is 29.2. The smallest absolute Gasteiger partial charge is 0.153 e. The Morgan fingerprint density at radius 3 is 2.94 bits per heavy atom. The summed E-state index contributed by atoms with van der Waals surface area (Å²) in [5.41, 5.74) is 12.3. The quantitative estimate of drug-likeness (QED) is 0.711. The van der Waals surface area contributed by atoms with Crippen LogP contribution >= 0.6 is 0 Å². The van der Waals surface area contributed by atoms with Gasteiger partial charge in [0, 0.05) is 29.3 Å². The molecule has 3 heterocycles. The second kappa shape index (κ2) is 5.69. The van der Waals surface area contributed by atoms with Crippen molar-refractivity contribution >= 4 is 11.5 Å². The molecule has 160 valence electrons. The largest absolute Gasteiger partial charge is 0.401 e. The molecule has 1 aromatic rings. The van der Waals surface area contributed by atoms with Crippen molar-refractivity contribution in [3.8, 4) is 11.8 Å². The van der Waals surface area contributed by atoms with Crippen LogP contribution in [-0.2, 0) is 5.41 Å². The van der Waals surface area contributed by atoms with Gasteiger partial charge in [0.2, 0.25) is 0 Å². The molecular formula is C25H21F2N5. The molecule has 6 aliphatic rings. The van der Waals surface area contributed by atoms with Crippen LogP contribution in [0.1, 0.15) is 36.0 Å². The second-order valence-electron chi connectivity index (χ2n) is 9.53. The summed E-state index contributed by atoms with van der Waals surface area (Å²) in [6.45, 7) is 4.13. The standard InChI is InChI=1S/C25H21F2N5/c1-2-21-18-6-13-9-25(18)16-5-12(19(27)8-17(16)25)3-4-20-22(23(13)28)24(29)32(30-20)15-7-14(10-26)31(21)11-15/h2,5,8,13-15,29H,1,6-7,9-11,28H2/b21-18+,23-22+,29-24?/t13?,14-,15+,25?/m1/s1. The molecule has 2 unspecified atom stereocenters. The van der Waals surface area contributed by atoms with E-state index in [4.69, 9.17) is 11.1 Å². The number of fused-ring (bicyclic) bond motifs is 6. The Morgan fingerprint density at radius 1 is 1.34 bits per heavy atom. The van der Waals surface area contributed by atoms with Crippen molar-refractivity contribution in [1.29, 1.82) is 5.41 Å². The molecule has 1 aromatic carbocycles. The zero-order chi connectivity index (χ0) is 21.9. The van der Waals surface area contributed by atoms with Gasteiger partial charge in [-0.05, 0) is 60.1 Å². The molecule has 32 heavy (non-hydrogen) atoms. The number of hydrogen-bond donors (Lipinski definition) is 2. The van der Waals surface area contributed by atoms with Gasteiger partial charge < -0.3 is 10.6 Å². The third kappa shape index (κ3) is 1.95. The number of hydrazone groups is 1. The summed E-state index contributed by atoms with van der Waals surface area (Å²) in [6, 6.07) is 2.97. The Morgan fingerprint density at radius 2 is 2.16 bits per heavy atom. The minimum atomic E-state index is -0.494. The van der Waals surface area contributed by atoms with Gasteiger partial charge in [-0.25, -0.2) is 13.8 Å². The lowest BCUT2D eigenvalue weighted by Gasteiger charge is -2.30. The number of nitrogens with zero attached hydrogens (tertiary/aromatic N) is 3. The lowest BCUT2D eigenvalue weighted by molar-refractivity contribution is 0.263. The van der Waals surface area contributed by atoms with E-state index >= 15 is 0 Å². The van der Waals surface area contributed by atoms with Crippen molar-refractivity contribution < 1.29 is 8.78 Å². The highest BCUT2D eigenvalue weighted by Gasteiger charge is 2.61. The predicted molar refractivity (Wildman–Crippen MR) is 117 cm³/mol. The highest BCUT2D eigenvalue weighted by atomic mass is 19.1. The van der Waals surface area contributed by atoms with E-state index in [1.165, 1.54) is 0 Å². The molecule has 3 aliphatic heterocycles. The minimum absolute atomic E-state index is 0.0408. The first kappa shape index (κ1) is 18.2. The zero-order valence-electron chi connectivity index (χ0n) is 17.4. The second-order valence-corrected chi connectivity index (χ2v) is 9.53. The van der Waals surface area contributed by atoms with Crippen LogP contribution in [0.25, 0.3) is 0 Å². The number of benzene rings is 1. The fraction of sp³-hybridized carbons (Fsp3) is 0.360. The van der Waals surface area contributed by atoms with Gasteiger partial charge in [-0.1, -0.05) is 12.5 Å². The summed E-state index contributed by atoms with van der Waals surface area (Å²) in [5.74, 6) is 5.77. The normalized spacial score (nSPS) is 37.4. The molecule has 2 fully saturated rings. The number of allylic oxidation sites excluding steroid dienone is 3. The first-order valence-corrected chi connectivity index (χ1v) is 11.0. The zero-order valence-corrected chi connectivity index (χ0v) is 17.4. The predicted octanol–water partition coefficient (Wildman–Crippen LogP) is 2.93. The average molecular weight is 429 g/mol. The van der Waals surface area contributed by atoms with Crippen LogP contribution in [-0.4, -0.2) is 46.8 Å². The first-order chi connectivity index (χ1) is 15.5. The van der Waals surface area contributed by atoms with Crippen molar-refractivity contribution in [3.05, 3.63) is 69.8 Å². The molecule has 7 heteroatoms. The number of nitrogens with two attached hydrogens (primary N) is 1. The molecule has 7 rings (SSSR count). The number of amidine groups is 1. The monoisotopic (exact) mass is 429 g/mol. The topological polar surface area (TPSA) is 68.7 Å². The van der Waals surface area contributed by atoms with E-state index in [1.807, 2.05) is 12.1 Å². The number of alkyl halides is 1. The summed E-state index contributed by atoms with van der Waals surface area (Å²) in [5, 5.41) is 15.2. The molecule has 0 radical (unpaired) electrons. The van der Waals surface area contributed by atoms with E-state index in [9.17, 15) is 8.78 Å². The summed E-state index contributed by atoms with van der Waals surface area (Å²) in [4.78, 5) is 2.09. The number of halogens is 2. The molecule has 1 spiro atoms. The highest BCUT2D eigenvalue weighted by Crippen LogP contribution is 2.66. The molecule has 1 saturated carbocycles. The third-order valence-electron chi connectivity index (χ3n) is 8.17. The van der Waals surface area contributed by atoms with E-state index in [2.05, 4.69) is 28.4 Å². The molecule has 3 aliphatic carbocycles. The van der Waals surface area contributed by atoms with Gasteiger partial charge in [0.1, 0.15) is 18.2 Å². The molecule has 5 nitrogen and oxygen atoms in total. The van der Waals surface area contributed by atoms with E-state index in [0.29, 0.717) is 48.4 Å². The third-order valence-corrected chi connectivity index (χ3v) is 8.17. The van der Waals surface area contributed by atoms with Crippen molar-refractivity contribution in [3.63, 3.8) is 0 Å².